The highest BCUT2D eigenvalue weighted by Gasteiger charge is 1.99. The Balaban J connectivity index is 3.86. The summed E-state index contributed by atoms with van der Waals surface area (Å²) in [5.41, 5.74) is -0.211. The van der Waals surface area contributed by atoms with Crippen molar-refractivity contribution in [2.45, 2.75) is 0 Å². The van der Waals surface area contributed by atoms with Gasteiger partial charge in [0.15, 0.2) is 6.29 Å². The predicted molar refractivity (Wildman–Crippen MR) is 47.4 cm³/mol. The monoisotopic (exact) mass is 163 g/mol. The van der Waals surface area contributed by atoms with Gasteiger partial charge >= 0.3 is 0 Å². The van der Waals surface area contributed by atoms with E-state index in [2.05, 4.69) is 13.2 Å². The van der Waals surface area contributed by atoms with E-state index in [1.54, 1.807) is 7.05 Å². The zero-order valence-electron chi connectivity index (χ0n) is 6.83. The van der Waals surface area contributed by atoms with Crippen molar-refractivity contribution in [1.82, 2.24) is 4.57 Å². The van der Waals surface area contributed by atoms with Crippen molar-refractivity contribution in [3.8, 4) is 0 Å². The van der Waals surface area contributed by atoms with Crippen molar-refractivity contribution in [1.29, 1.82) is 0 Å². The van der Waals surface area contributed by atoms with Gasteiger partial charge in [-0.2, -0.15) is 0 Å². The van der Waals surface area contributed by atoms with Crippen LogP contribution in [0.4, 0.5) is 0 Å². The molecule has 0 aliphatic carbocycles. The van der Waals surface area contributed by atoms with Crippen LogP contribution in [0.1, 0.15) is 10.4 Å². The maximum absolute atomic E-state index is 11.2. The standard InChI is InChI=1S/C9H9NO2/c1-6-4-8(5-11)9(12)10(3)7(6)2/h4-5H,1-2H2,3H3. The number of nitrogens with zero attached hydrogens (tertiary/aromatic N) is 1. The molecule has 0 saturated heterocycles. The molecule has 0 aromatic carbocycles. The third kappa shape index (κ3) is 1.09. The summed E-state index contributed by atoms with van der Waals surface area (Å²) in [6, 6.07) is 1.44. The van der Waals surface area contributed by atoms with Gasteiger partial charge in [0.1, 0.15) is 0 Å². The van der Waals surface area contributed by atoms with Crippen LogP contribution in [0.3, 0.4) is 0 Å². The Kier molecular flexibility index (Phi) is 1.95. The first kappa shape index (κ1) is 8.46. The third-order valence-electron chi connectivity index (χ3n) is 1.78. The molecule has 0 radical (unpaired) electrons. The van der Waals surface area contributed by atoms with Crippen LogP contribution >= 0.6 is 0 Å². The molecular formula is C9H9NO2. The van der Waals surface area contributed by atoms with E-state index in [-0.39, 0.29) is 11.1 Å². The summed E-state index contributed by atoms with van der Waals surface area (Å²) in [6.45, 7) is 7.29. The second-order valence-corrected chi connectivity index (χ2v) is 2.55. The first-order valence-electron chi connectivity index (χ1n) is 3.41. The molecule has 1 rings (SSSR count). The van der Waals surface area contributed by atoms with Gasteiger partial charge in [-0.3, -0.25) is 9.59 Å². The molecule has 0 spiro atoms. The fourth-order valence-corrected chi connectivity index (χ4v) is 0.949. The van der Waals surface area contributed by atoms with Crippen LogP contribution in [0.2, 0.25) is 0 Å². The van der Waals surface area contributed by atoms with Crippen LogP contribution in [0.5, 0.6) is 0 Å². The van der Waals surface area contributed by atoms with E-state index in [0.717, 1.165) is 0 Å². The number of hydrogen-bond acceptors (Lipinski definition) is 2. The molecule has 3 nitrogen and oxygen atoms in total. The Morgan fingerprint density at radius 3 is 2.58 bits per heavy atom. The molecule has 62 valence electrons. The molecule has 0 amide bonds. The molecule has 1 aromatic heterocycles. The lowest BCUT2D eigenvalue weighted by atomic mass is 10.2. The van der Waals surface area contributed by atoms with Crippen LogP contribution in [-0.2, 0) is 7.05 Å². The summed E-state index contributed by atoms with van der Waals surface area (Å²) in [5, 5.41) is 1.13. The lowest BCUT2D eigenvalue weighted by Gasteiger charge is -1.98. The molecule has 3 heteroatoms. The molecule has 0 unspecified atom stereocenters. The molecule has 12 heavy (non-hydrogen) atoms. The Morgan fingerprint density at radius 2 is 2.08 bits per heavy atom. The summed E-state index contributed by atoms with van der Waals surface area (Å²) < 4.78 is 1.31. The van der Waals surface area contributed by atoms with Crippen molar-refractivity contribution in [2.75, 3.05) is 0 Å². The zero-order valence-corrected chi connectivity index (χ0v) is 6.83. The molecule has 1 aromatic rings. The summed E-state index contributed by atoms with van der Waals surface area (Å²) in [4.78, 5) is 21.6. The fraction of sp³-hybridized carbons (Fsp3) is 0.111. The summed E-state index contributed by atoms with van der Waals surface area (Å²) in [5.74, 6) is 0. The van der Waals surface area contributed by atoms with Gasteiger partial charge in [-0.15, -0.1) is 0 Å². The molecule has 0 N–H and O–H groups in total. The Hall–Kier alpha value is -1.64. The van der Waals surface area contributed by atoms with E-state index in [1.807, 2.05) is 0 Å². The highest BCUT2D eigenvalue weighted by Crippen LogP contribution is 1.74. The van der Waals surface area contributed by atoms with Gasteiger partial charge in [0.25, 0.3) is 5.56 Å². The second-order valence-electron chi connectivity index (χ2n) is 2.55. The van der Waals surface area contributed by atoms with E-state index in [4.69, 9.17) is 0 Å². The van der Waals surface area contributed by atoms with E-state index >= 15 is 0 Å². The topological polar surface area (TPSA) is 39.1 Å². The van der Waals surface area contributed by atoms with E-state index in [9.17, 15) is 9.59 Å². The Bertz CT molecular complexity index is 471. The first-order chi connectivity index (χ1) is 5.57. The van der Waals surface area contributed by atoms with Crippen molar-refractivity contribution >= 4 is 19.4 Å². The van der Waals surface area contributed by atoms with Crippen LogP contribution < -0.4 is 16.1 Å². The minimum Gasteiger partial charge on any atom is -0.311 e. The summed E-state index contributed by atoms with van der Waals surface area (Å²) in [7, 11) is 1.56. The predicted octanol–water partition coefficient (Wildman–Crippen LogP) is -0.982. The average Bonchev–Trinajstić information content (AvgIpc) is 2.08. The molecular weight excluding hydrogens is 154 g/mol. The van der Waals surface area contributed by atoms with Crippen molar-refractivity contribution in [3.05, 3.63) is 32.6 Å². The van der Waals surface area contributed by atoms with Gasteiger partial charge in [-0.25, -0.2) is 0 Å². The lowest BCUT2D eigenvalue weighted by molar-refractivity contribution is 0.112. The summed E-state index contributed by atoms with van der Waals surface area (Å²) >= 11 is 0. The molecule has 0 aliphatic heterocycles. The number of carbonyl (C=O) groups is 1. The smallest absolute Gasteiger partial charge is 0.261 e. The molecule has 0 atom stereocenters. The van der Waals surface area contributed by atoms with Gasteiger partial charge in [-0.05, 0) is 11.3 Å². The van der Waals surface area contributed by atoms with Crippen LogP contribution in [-0.4, -0.2) is 10.9 Å². The molecule has 0 bridgehead atoms. The third-order valence-corrected chi connectivity index (χ3v) is 1.78. The Morgan fingerprint density at radius 1 is 1.50 bits per heavy atom. The van der Waals surface area contributed by atoms with Gasteiger partial charge in [0.2, 0.25) is 0 Å². The Labute approximate surface area is 69.3 Å². The van der Waals surface area contributed by atoms with Crippen molar-refractivity contribution in [3.63, 3.8) is 0 Å². The highest BCUT2D eigenvalue weighted by molar-refractivity contribution is 5.73. The highest BCUT2D eigenvalue weighted by atomic mass is 16.1. The largest absolute Gasteiger partial charge is 0.311 e. The minimum atomic E-state index is -0.331. The number of hydrogen-bond donors (Lipinski definition) is 0. The zero-order chi connectivity index (χ0) is 9.30. The van der Waals surface area contributed by atoms with E-state index in [0.29, 0.717) is 16.9 Å². The van der Waals surface area contributed by atoms with E-state index in [1.165, 1.54) is 10.6 Å². The van der Waals surface area contributed by atoms with Crippen LogP contribution in [0, 0.1) is 0 Å². The average molecular weight is 163 g/mol. The van der Waals surface area contributed by atoms with Gasteiger partial charge < -0.3 is 4.57 Å². The van der Waals surface area contributed by atoms with Crippen LogP contribution in [0.25, 0.3) is 13.2 Å². The first-order valence-corrected chi connectivity index (χ1v) is 3.41. The minimum absolute atomic E-state index is 0.120. The fourth-order valence-electron chi connectivity index (χ4n) is 0.949. The maximum Gasteiger partial charge on any atom is 0.261 e. The van der Waals surface area contributed by atoms with Gasteiger partial charge in [0, 0.05) is 12.4 Å². The molecule has 0 fully saturated rings. The quantitative estimate of drug-likeness (QED) is 0.499. The maximum atomic E-state index is 11.2. The van der Waals surface area contributed by atoms with E-state index < -0.39 is 0 Å². The number of aldehydes is 1. The van der Waals surface area contributed by atoms with Gasteiger partial charge in [0.05, 0.1) is 5.56 Å². The van der Waals surface area contributed by atoms with Gasteiger partial charge in [-0.1, -0.05) is 13.2 Å². The number of carbonyl (C=O) groups excluding carboxylic acids is 1. The number of aromatic nitrogens is 1. The number of rotatable bonds is 1. The second kappa shape index (κ2) is 2.77. The molecule has 0 saturated carbocycles. The van der Waals surface area contributed by atoms with Crippen molar-refractivity contribution < 1.29 is 4.79 Å². The molecule has 1 heterocycles. The lowest BCUT2D eigenvalue weighted by Crippen LogP contribution is -2.41. The SMILES string of the molecule is C=c1cc(C=O)c(=O)n(C)c1=C. The van der Waals surface area contributed by atoms with Crippen LogP contribution in [0.15, 0.2) is 10.9 Å². The normalized spacial score (nSPS) is 9.75. The van der Waals surface area contributed by atoms with Crippen molar-refractivity contribution in [2.24, 2.45) is 7.05 Å². The summed E-state index contributed by atoms with van der Waals surface area (Å²) in [6.07, 6.45) is 0.524. The molecule has 0 aliphatic rings. The number of pyridine rings is 1.